The standard InChI is InChI=1S/C14H17FN6O2/c1-3-17-12-10(23-2)11(16)19-13(20-12)21-14(22)18-9-6-4-8(15)5-7-9/h4-7H,3H2,1-2H3,(H5,16,17,18,19,20,21,22). The Bertz CT molecular complexity index is 692. The van der Waals surface area contributed by atoms with Crippen LogP contribution in [0.4, 0.5) is 32.5 Å². The molecule has 0 saturated carbocycles. The number of urea groups is 1. The highest BCUT2D eigenvalue weighted by Crippen LogP contribution is 2.28. The molecule has 1 aromatic heterocycles. The van der Waals surface area contributed by atoms with E-state index < -0.39 is 11.8 Å². The van der Waals surface area contributed by atoms with Crippen molar-refractivity contribution in [3.8, 4) is 5.75 Å². The van der Waals surface area contributed by atoms with Crippen molar-refractivity contribution in [2.45, 2.75) is 6.92 Å². The van der Waals surface area contributed by atoms with E-state index in [1.165, 1.54) is 31.4 Å². The molecule has 0 radical (unpaired) electrons. The summed E-state index contributed by atoms with van der Waals surface area (Å²) < 4.78 is 17.9. The van der Waals surface area contributed by atoms with E-state index in [0.717, 1.165) is 0 Å². The summed E-state index contributed by atoms with van der Waals surface area (Å²) in [5.41, 5.74) is 6.21. The predicted octanol–water partition coefficient (Wildman–Crippen LogP) is 2.28. The summed E-state index contributed by atoms with van der Waals surface area (Å²) in [6, 6.07) is 4.76. The molecule has 0 unspecified atom stereocenters. The number of ether oxygens (including phenoxy) is 1. The van der Waals surface area contributed by atoms with E-state index in [-0.39, 0.29) is 11.8 Å². The number of methoxy groups -OCH3 is 1. The van der Waals surface area contributed by atoms with Crippen LogP contribution in [0.5, 0.6) is 5.75 Å². The molecule has 0 aliphatic carbocycles. The zero-order valence-corrected chi connectivity index (χ0v) is 12.7. The lowest BCUT2D eigenvalue weighted by atomic mass is 10.3. The summed E-state index contributed by atoms with van der Waals surface area (Å²) >= 11 is 0. The average Bonchev–Trinajstić information content (AvgIpc) is 2.50. The number of nitrogens with one attached hydrogen (secondary N) is 3. The van der Waals surface area contributed by atoms with E-state index in [2.05, 4.69) is 25.9 Å². The van der Waals surface area contributed by atoms with E-state index >= 15 is 0 Å². The summed E-state index contributed by atoms with van der Waals surface area (Å²) in [4.78, 5) is 20.0. The summed E-state index contributed by atoms with van der Waals surface area (Å²) in [5.74, 6) is 0.392. The zero-order valence-electron chi connectivity index (χ0n) is 12.7. The van der Waals surface area contributed by atoms with Crippen LogP contribution in [0, 0.1) is 5.82 Å². The van der Waals surface area contributed by atoms with Crippen molar-refractivity contribution in [2.24, 2.45) is 0 Å². The van der Waals surface area contributed by atoms with Crippen LogP contribution in [0.2, 0.25) is 0 Å². The number of benzene rings is 1. The largest absolute Gasteiger partial charge is 0.490 e. The maximum absolute atomic E-state index is 12.8. The van der Waals surface area contributed by atoms with Crippen molar-refractivity contribution >= 4 is 29.3 Å². The fraction of sp³-hybridized carbons (Fsp3) is 0.214. The molecule has 0 saturated heterocycles. The summed E-state index contributed by atoms with van der Waals surface area (Å²) in [7, 11) is 1.45. The molecular weight excluding hydrogens is 303 g/mol. The van der Waals surface area contributed by atoms with Crippen molar-refractivity contribution in [1.82, 2.24) is 9.97 Å². The third kappa shape index (κ3) is 4.19. The maximum Gasteiger partial charge on any atom is 0.326 e. The Morgan fingerprint density at radius 1 is 1.26 bits per heavy atom. The monoisotopic (exact) mass is 320 g/mol. The van der Waals surface area contributed by atoms with Gasteiger partial charge in [-0.15, -0.1) is 0 Å². The molecule has 0 spiro atoms. The van der Waals surface area contributed by atoms with E-state index in [9.17, 15) is 9.18 Å². The van der Waals surface area contributed by atoms with Crippen LogP contribution in [0.3, 0.4) is 0 Å². The minimum atomic E-state index is -0.580. The third-order valence-corrected chi connectivity index (χ3v) is 2.77. The number of halogens is 1. The molecule has 1 heterocycles. The Kier molecular flexibility index (Phi) is 5.13. The van der Waals surface area contributed by atoms with Gasteiger partial charge in [-0.05, 0) is 31.2 Å². The number of nitrogens with zero attached hydrogens (tertiary/aromatic N) is 2. The van der Waals surface area contributed by atoms with Gasteiger partial charge in [-0.2, -0.15) is 9.97 Å². The molecular formula is C14H17FN6O2. The smallest absolute Gasteiger partial charge is 0.326 e. The first kappa shape index (κ1) is 16.3. The molecule has 5 N–H and O–H groups in total. The molecule has 2 rings (SSSR count). The van der Waals surface area contributed by atoms with Gasteiger partial charge in [-0.1, -0.05) is 0 Å². The first-order valence-corrected chi connectivity index (χ1v) is 6.82. The van der Waals surface area contributed by atoms with Crippen molar-refractivity contribution in [3.63, 3.8) is 0 Å². The van der Waals surface area contributed by atoms with E-state index in [1.54, 1.807) is 0 Å². The van der Waals surface area contributed by atoms with Crippen LogP contribution >= 0.6 is 0 Å². The Hall–Kier alpha value is -3.10. The van der Waals surface area contributed by atoms with Crippen LogP contribution in [0.25, 0.3) is 0 Å². The number of rotatable bonds is 5. The highest BCUT2D eigenvalue weighted by Gasteiger charge is 2.14. The number of amides is 2. The second kappa shape index (κ2) is 7.25. The molecule has 9 heteroatoms. The third-order valence-electron chi connectivity index (χ3n) is 2.77. The van der Waals surface area contributed by atoms with Crippen molar-refractivity contribution < 1.29 is 13.9 Å². The topological polar surface area (TPSA) is 114 Å². The van der Waals surface area contributed by atoms with Crippen LogP contribution in [0.1, 0.15) is 6.92 Å². The van der Waals surface area contributed by atoms with Crippen LogP contribution in [-0.4, -0.2) is 29.7 Å². The number of nitrogen functional groups attached to an aromatic ring is 1. The molecule has 0 bridgehead atoms. The quantitative estimate of drug-likeness (QED) is 0.672. The van der Waals surface area contributed by atoms with Gasteiger partial charge in [0.05, 0.1) is 7.11 Å². The lowest BCUT2D eigenvalue weighted by Crippen LogP contribution is -2.21. The fourth-order valence-electron chi connectivity index (χ4n) is 1.81. The number of anilines is 4. The molecule has 0 atom stereocenters. The number of hydrogen-bond acceptors (Lipinski definition) is 6. The maximum atomic E-state index is 12.8. The van der Waals surface area contributed by atoms with Crippen molar-refractivity contribution in [1.29, 1.82) is 0 Å². The second-order valence-electron chi connectivity index (χ2n) is 4.43. The summed E-state index contributed by atoms with van der Waals surface area (Å²) in [5, 5.41) is 7.95. The van der Waals surface area contributed by atoms with Crippen molar-refractivity contribution in [3.05, 3.63) is 30.1 Å². The lowest BCUT2D eigenvalue weighted by molar-refractivity contribution is 0.262. The van der Waals surface area contributed by atoms with Gasteiger partial charge >= 0.3 is 6.03 Å². The van der Waals surface area contributed by atoms with Gasteiger partial charge in [0.25, 0.3) is 0 Å². The first-order chi connectivity index (χ1) is 11.0. The molecule has 8 nitrogen and oxygen atoms in total. The molecule has 122 valence electrons. The number of carbonyl (C=O) groups is 1. The average molecular weight is 320 g/mol. The molecule has 0 aliphatic rings. The summed E-state index contributed by atoms with van der Waals surface area (Å²) in [6.45, 7) is 2.47. The molecule has 2 amide bonds. The number of carbonyl (C=O) groups excluding carboxylic acids is 1. The number of nitrogens with two attached hydrogens (primary N) is 1. The van der Waals surface area contributed by atoms with Gasteiger partial charge in [0, 0.05) is 12.2 Å². The SMILES string of the molecule is CCNc1nc(NC(=O)Nc2ccc(F)cc2)nc(N)c1OC. The lowest BCUT2D eigenvalue weighted by Gasteiger charge is -2.13. The normalized spacial score (nSPS) is 10.0. The van der Waals surface area contributed by atoms with Gasteiger partial charge in [0.15, 0.2) is 11.6 Å². The van der Waals surface area contributed by atoms with Crippen LogP contribution in [-0.2, 0) is 0 Å². The molecule has 1 aromatic carbocycles. The summed E-state index contributed by atoms with van der Waals surface area (Å²) in [6.07, 6.45) is 0. The van der Waals surface area contributed by atoms with Crippen LogP contribution < -0.4 is 26.4 Å². The van der Waals surface area contributed by atoms with Gasteiger partial charge in [-0.3, -0.25) is 5.32 Å². The Balaban J connectivity index is 2.12. The number of aromatic nitrogens is 2. The Morgan fingerprint density at radius 2 is 1.96 bits per heavy atom. The highest BCUT2D eigenvalue weighted by molar-refractivity contribution is 5.98. The van der Waals surface area contributed by atoms with Gasteiger partial charge in [0.2, 0.25) is 11.7 Å². The number of hydrogen-bond donors (Lipinski definition) is 4. The highest BCUT2D eigenvalue weighted by atomic mass is 19.1. The molecule has 2 aromatic rings. The van der Waals surface area contributed by atoms with Crippen molar-refractivity contribution in [2.75, 3.05) is 35.3 Å². The van der Waals surface area contributed by atoms with E-state index in [4.69, 9.17) is 10.5 Å². The second-order valence-corrected chi connectivity index (χ2v) is 4.43. The van der Waals surface area contributed by atoms with Crippen LogP contribution in [0.15, 0.2) is 24.3 Å². The predicted molar refractivity (Wildman–Crippen MR) is 86.2 cm³/mol. The first-order valence-electron chi connectivity index (χ1n) is 6.82. The van der Waals surface area contributed by atoms with Gasteiger partial charge in [-0.25, -0.2) is 9.18 Å². The van der Waals surface area contributed by atoms with E-state index in [1.807, 2.05) is 6.92 Å². The minimum Gasteiger partial charge on any atom is -0.490 e. The minimum absolute atomic E-state index is 0.0128. The molecule has 0 aliphatic heterocycles. The molecule has 0 fully saturated rings. The van der Waals surface area contributed by atoms with Gasteiger partial charge < -0.3 is 21.1 Å². The zero-order chi connectivity index (χ0) is 16.8. The Morgan fingerprint density at radius 3 is 2.57 bits per heavy atom. The molecule has 23 heavy (non-hydrogen) atoms. The van der Waals surface area contributed by atoms with Gasteiger partial charge in [0.1, 0.15) is 5.82 Å². The van der Waals surface area contributed by atoms with E-state index in [0.29, 0.717) is 23.8 Å². The Labute approximate surface area is 132 Å². The fourth-order valence-corrected chi connectivity index (χ4v) is 1.81.